The van der Waals surface area contributed by atoms with Gasteiger partial charge in [0.15, 0.2) is 0 Å². The second-order valence-corrected chi connectivity index (χ2v) is 10.4. The first-order valence-corrected chi connectivity index (χ1v) is 11.6. The van der Waals surface area contributed by atoms with Gasteiger partial charge in [-0.15, -0.1) is 0 Å². The van der Waals surface area contributed by atoms with Crippen molar-refractivity contribution in [3.63, 3.8) is 0 Å². The monoisotopic (exact) mass is 391 g/mol. The Balaban J connectivity index is 1.51. The van der Waals surface area contributed by atoms with Crippen LogP contribution in [0.15, 0.2) is 18.2 Å². The van der Waals surface area contributed by atoms with Crippen molar-refractivity contribution < 1.29 is 13.2 Å². The van der Waals surface area contributed by atoms with Crippen LogP contribution >= 0.6 is 0 Å². The van der Waals surface area contributed by atoms with Crippen molar-refractivity contribution in [1.29, 1.82) is 0 Å². The molecule has 148 valence electrons. The molecule has 1 aliphatic heterocycles. The third-order valence-electron chi connectivity index (χ3n) is 6.52. The number of anilines is 1. The van der Waals surface area contributed by atoms with Crippen LogP contribution < -0.4 is 15.4 Å². The molecule has 1 aromatic carbocycles. The van der Waals surface area contributed by atoms with Crippen molar-refractivity contribution in [2.24, 2.45) is 17.6 Å². The number of sulfonamides is 1. The van der Waals surface area contributed by atoms with Gasteiger partial charge in [0.25, 0.3) is 5.91 Å². The van der Waals surface area contributed by atoms with Crippen LogP contribution in [0.2, 0.25) is 0 Å². The molecule has 4 rings (SSSR count). The summed E-state index contributed by atoms with van der Waals surface area (Å²) in [5, 5.41) is 3.28. The molecule has 7 heteroatoms. The summed E-state index contributed by atoms with van der Waals surface area (Å²) < 4.78 is 25.7. The van der Waals surface area contributed by atoms with E-state index in [4.69, 9.17) is 5.73 Å². The molecule has 2 aliphatic carbocycles. The lowest BCUT2D eigenvalue weighted by Gasteiger charge is -2.45. The van der Waals surface area contributed by atoms with Crippen molar-refractivity contribution >= 4 is 21.6 Å². The zero-order chi connectivity index (χ0) is 19.2. The average molecular weight is 392 g/mol. The van der Waals surface area contributed by atoms with E-state index in [9.17, 15) is 13.2 Å². The van der Waals surface area contributed by atoms with Gasteiger partial charge in [-0.1, -0.05) is 6.42 Å². The molecule has 2 saturated carbocycles. The topological polar surface area (TPSA) is 92.5 Å². The normalized spacial score (nSPS) is 32.3. The number of carbonyl (C=O) groups excluding carboxylic acids is 1. The summed E-state index contributed by atoms with van der Waals surface area (Å²) >= 11 is 0. The summed E-state index contributed by atoms with van der Waals surface area (Å²) in [6, 6.07) is 5.80. The van der Waals surface area contributed by atoms with Crippen LogP contribution in [0.5, 0.6) is 0 Å². The number of nitrogens with zero attached hydrogens (tertiary/aromatic N) is 1. The molecule has 2 atom stereocenters. The summed E-state index contributed by atoms with van der Waals surface area (Å²) in [6.45, 7) is 2.39. The van der Waals surface area contributed by atoms with Crippen LogP contribution in [0.25, 0.3) is 0 Å². The first-order chi connectivity index (χ1) is 12.8. The Kier molecular flexibility index (Phi) is 4.93. The third-order valence-corrected chi connectivity index (χ3v) is 8.39. The summed E-state index contributed by atoms with van der Waals surface area (Å²) in [7, 11) is -3.21. The van der Waals surface area contributed by atoms with E-state index < -0.39 is 10.0 Å². The highest BCUT2D eigenvalue weighted by Crippen LogP contribution is 2.40. The number of carbonyl (C=O) groups is 1. The van der Waals surface area contributed by atoms with Crippen LogP contribution in [0, 0.1) is 18.8 Å². The summed E-state index contributed by atoms with van der Waals surface area (Å²) in [4.78, 5) is 12.9. The Morgan fingerprint density at radius 3 is 2.48 bits per heavy atom. The van der Waals surface area contributed by atoms with Gasteiger partial charge < -0.3 is 11.1 Å². The Morgan fingerprint density at radius 2 is 1.89 bits per heavy atom. The van der Waals surface area contributed by atoms with Crippen LogP contribution in [0.4, 0.5) is 5.69 Å². The van der Waals surface area contributed by atoms with Gasteiger partial charge in [0, 0.05) is 24.2 Å². The molecule has 2 unspecified atom stereocenters. The predicted molar refractivity (Wildman–Crippen MR) is 106 cm³/mol. The van der Waals surface area contributed by atoms with Crippen molar-refractivity contribution in [3.8, 4) is 0 Å². The molecule has 2 bridgehead atoms. The van der Waals surface area contributed by atoms with Gasteiger partial charge in [0.05, 0.1) is 11.4 Å². The van der Waals surface area contributed by atoms with Crippen LogP contribution in [-0.4, -0.2) is 38.7 Å². The first kappa shape index (κ1) is 18.7. The van der Waals surface area contributed by atoms with Crippen LogP contribution in [-0.2, 0) is 10.0 Å². The average Bonchev–Trinajstić information content (AvgIpc) is 2.94. The zero-order valence-corrected chi connectivity index (χ0v) is 16.7. The lowest BCUT2D eigenvalue weighted by molar-refractivity contribution is 0.0755. The highest BCUT2D eigenvalue weighted by atomic mass is 32.2. The molecule has 1 saturated heterocycles. The maximum Gasteiger partial charge on any atom is 0.251 e. The number of fused-ring (bicyclic) bond motifs is 2. The number of nitrogens with two attached hydrogens (primary N) is 1. The predicted octanol–water partition coefficient (Wildman–Crippen LogP) is 2.17. The molecule has 0 spiro atoms. The van der Waals surface area contributed by atoms with Gasteiger partial charge in [-0.2, -0.15) is 0 Å². The minimum Gasteiger partial charge on any atom is -0.349 e. The molecule has 1 heterocycles. The summed E-state index contributed by atoms with van der Waals surface area (Å²) in [5.41, 5.74) is 8.28. The van der Waals surface area contributed by atoms with Gasteiger partial charge in [0.2, 0.25) is 10.0 Å². The molecular weight excluding hydrogens is 362 g/mol. The number of benzene rings is 1. The number of hydrogen-bond acceptors (Lipinski definition) is 4. The zero-order valence-electron chi connectivity index (χ0n) is 15.9. The van der Waals surface area contributed by atoms with Crippen molar-refractivity contribution in [2.75, 3.05) is 16.6 Å². The van der Waals surface area contributed by atoms with Gasteiger partial charge in [-0.3, -0.25) is 9.10 Å². The maximum atomic E-state index is 12.9. The van der Waals surface area contributed by atoms with E-state index in [0.717, 1.165) is 31.2 Å². The molecule has 6 nitrogen and oxygen atoms in total. The highest BCUT2D eigenvalue weighted by Gasteiger charge is 2.40. The van der Waals surface area contributed by atoms with E-state index in [1.54, 1.807) is 12.1 Å². The minimum absolute atomic E-state index is 0.0549. The number of hydrogen-bond donors (Lipinski definition) is 2. The lowest BCUT2D eigenvalue weighted by atomic mass is 9.67. The Hall–Kier alpha value is -1.60. The van der Waals surface area contributed by atoms with E-state index in [-0.39, 0.29) is 23.7 Å². The van der Waals surface area contributed by atoms with E-state index in [0.29, 0.717) is 36.1 Å². The number of nitrogens with one attached hydrogen (secondary N) is 1. The molecule has 0 aromatic heterocycles. The van der Waals surface area contributed by atoms with Gasteiger partial charge in [-0.05, 0) is 74.6 Å². The van der Waals surface area contributed by atoms with Crippen molar-refractivity contribution in [2.45, 2.75) is 57.5 Å². The van der Waals surface area contributed by atoms with E-state index >= 15 is 0 Å². The maximum absolute atomic E-state index is 12.9. The Labute approximate surface area is 161 Å². The summed E-state index contributed by atoms with van der Waals surface area (Å²) in [5.74, 6) is 1.10. The molecule has 3 N–H and O–H groups in total. The molecular formula is C20H29N3O3S. The number of amides is 1. The fraction of sp³-hybridized carbons (Fsp3) is 0.650. The van der Waals surface area contributed by atoms with Gasteiger partial charge >= 0.3 is 0 Å². The fourth-order valence-corrected chi connectivity index (χ4v) is 6.80. The molecule has 3 aliphatic rings. The standard InChI is InChI=1S/C20H29N3O3S/c1-13-10-17(23-8-3-9-27(23,25)26)6-7-18(13)20(24)22-19-14-4-2-5-15(19)12-16(21)11-14/h6-7,10,14-16,19H,2-5,8-9,11-12,21H2,1H3,(H,22,24). The van der Waals surface area contributed by atoms with E-state index in [1.165, 1.54) is 10.7 Å². The van der Waals surface area contributed by atoms with Crippen molar-refractivity contribution in [1.82, 2.24) is 5.32 Å². The van der Waals surface area contributed by atoms with Gasteiger partial charge in [-0.25, -0.2) is 8.42 Å². The third kappa shape index (κ3) is 3.59. The summed E-state index contributed by atoms with van der Waals surface area (Å²) in [6.07, 6.45) is 6.14. The second-order valence-electron chi connectivity index (χ2n) is 8.42. The van der Waals surface area contributed by atoms with Crippen LogP contribution in [0.3, 0.4) is 0 Å². The minimum atomic E-state index is -3.21. The van der Waals surface area contributed by atoms with Crippen LogP contribution in [0.1, 0.15) is 54.4 Å². The molecule has 3 fully saturated rings. The lowest BCUT2D eigenvalue weighted by Crippen LogP contribution is -2.53. The number of aryl methyl sites for hydroxylation is 1. The van der Waals surface area contributed by atoms with Crippen molar-refractivity contribution in [3.05, 3.63) is 29.3 Å². The smallest absolute Gasteiger partial charge is 0.251 e. The van der Waals surface area contributed by atoms with Gasteiger partial charge in [0.1, 0.15) is 0 Å². The first-order valence-electron chi connectivity index (χ1n) is 10.0. The molecule has 0 radical (unpaired) electrons. The van der Waals surface area contributed by atoms with E-state index in [1.807, 2.05) is 13.0 Å². The molecule has 27 heavy (non-hydrogen) atoms. The SMILES string of the molecule is Cc1cc(N2CCCS2(=O)=O)ccc1C(=O)NC1C2CCCC1CC(N)C2. The Bertz CT molecular complexity index is 825. The highest BCUT2D eigenvalue weighted by molar-refractivity contribution is 7.93. The second kappa shape index (κ2) is 7.09. The Morgan fingerprint density at radius 1 is 1.19 bits per heavy atom. The fourth-order valence-electron chi connectivity index (χ4n) is 5.24. The molecule has 1 aromatic rings. The largest absolute Gasteiger partial charge is 0.349 e. The number of rotatable bonds is 3. The molecule has 1 amide bonds. The quantitative estimate of drug-likeness (QED) is 0.826. The van der Waals surface area contributed by atoms with E-state index in [2.05, 4.69) is 5.32 Å².